The van der Waals surface area contributed by atoms with E-state index in [9.17, 15) is 9.59 Å². The Morgan fingerprint density at radius 3 is 2.75 bits per heavy atom. The standard InChI is InChI=1S/C21H26O3/c1-20-9-6-16-15-5-3-14(22)12-13(15)2-4-17(16)18(20)7-10-21(20)11-8-19(23)24-21/h2,4,12,15-18H,3,5-11H2,1H3/t15-,16?,17?,18?,20-,21+/m0/s1. The summed E-state index contributed by atoms with van der Waals surface area (Å²) in [5.41, 5.74) is 1.22. The predicted octanol–water partition coefficient (Wildman–Crippen LogP) is 3.98. The maximum atomic E-state index is 11.8. The van der Waals surface area contributed by atoms with Crippen molar-refractivity contribution < 1.29 is 14.3 Å². The van der Waals surface area contributed by atoms with Crippen LogP contribution in [0, 0.1) is 29.1 Å². The predicted molar refractivity (Wildman–Crippen MR) is 90.1 cm³/mol. The van der Waals surface area contributed by atoms with Crippen LogP contribution in [0.15, 0.2) is 23.8 Å². The molecule has 0 amide bonds. The fourth-order valence-electron chi connectivity index (χ4n) is 6.95. The summed E-state index contributed by atoms with van der Waals surface area (Å²) in [5.74, 6) is 2.77. The maximum Gasteiger partial charge on any atom is 0.306 e. The molecule has 6 atom stereocenters. The number of carbonyl (C=O) groups is 2. The number of carbonyl (C=O) groups excluding carboxylic acids is 2. The van der Waals surface area contributed by atoms with Crippen LogP contribution in [-0.2, 0) is 14.3 Å². The van der Waals surface area contributed by atoms with Gasteiger partial charge in [0.05, 0.1) is 0 Å². The highest BCUT2D eigenvalue weighted by atomic mass is 16.6. The fraction of sp³-hybridized carbons (Fsp3) is 0.714. The minimum absolute atomic E-state index is 0.00852. The third-order valence-corrected chi connectivity index (χ3v) is 8.20. The van der Waals surface area contributed by atoms with Crippen molar-refractivity contribution in [3.63, 3.8) is 0 Å². The van der Waals surface area contributed by atoms with Crippen LogP contribution in [-0.4, -0.2) is 17.4 Å². The normalized spacial score (nSPS) is 49.5. The van der Waals surface area contributed by atoms with Crippen LogP contribution in [0.5, 0.6) is 0 Å². The van der Waals surface area contributed by atoms with Crippen molar-refractivity contribution >= 4 is 11.8 Å². The van der Waals surface area contributed by atoms with Gasteiger partial charge in [-0.1, -0.05) is 19.1 Å². The molecular formula is C21H26O3. The Kier molecular flexibility index (Phi) is 3.00. The fourth-order valence-corrected chi connectivity index (χ4v) is 6.95. The highest BCUT2D eigenvalue weighted by Crippen LogP contribution is 2.66. The number of rotatable bonds is 0. The molecule has 4 aliphatic carbocycles. The zero-order valence-electron chi connectivity index (χ0n) is 14.4. The molecule has 5 aliphatic rings. The number of hydrogen-bond acceptors (Lipinski definition) is 3. The van der Waals surface area contributed by atoms with E-state index in [4.69, 9.17) is 4.74 Å². The minimum Gasteiger partial charge on any atom is -0.458 e. The van der Waals surface area contributed by atoms with Gasteiger partial charge in [0, 0.05) is 18.3 Å². The van der Waals surface area contributed by atoms with Crippen molar-refractivity contribution in [2.75, 3.05) is 0 Å². The van der Waals surface area contributed by atoms with Crippen LogP contribution in [0.2, 0.25) is 0 Å². The molecule has 1 heterocycles. The molecule has 0 aromatic carbocycles. The lowest BCUT2D eigenvalue weighted by Gasteiger charge is -2.54. The molecule has 3 fully saturated rings. The molecule has 3 unspecified atom stereocenters. The number of esters is 1. The van der Waals surface area contributed by atoms with Crippen LogP contribution in [0.1, 0.15) is 58.3 Å². The van der Waals surface area contributed by atoms with E-state index in [1.54, 1.807) is 0 Å². The largest absolute Gasteiger partial charge is 0.458 e. The summed E-state index contributed by atoms with van der Waals surface area (Å²) in [7, 11) is 0. The molecule has 0 bridgehead atoms. The number of hydrogen-bond donors (Lipinski definition) is 0. The van der Waals surface area contributed by atoms with Crippen molar-refractivity contribution in [3.05, 3.63) is 23.8 Å². The van der Waals surface area contributed by atoms with Gasteiger partial charge in [0.1, 0.15) is 5.60 Å². The summed E-state index contributed by atoms with van der Waals surface area (Å²) in [6.45, 7) is 2.39. The summed E-state index contributed by atoms with van der Waals surface area (Å²) in [6, 6.07) is 0. The number of fused-ring (bicyclic) bond motifs is 6. The van der Waals surface area contributed by atoms with Crippen LogP contribution in [0.3, 0.4) is 0 Å². The molecule has 3 heteroatoms. The van der Waals surface area contributed by atoms with Gasteiger partial charge in [0.25, 0.3) is 0 Å². The Bertz CT molecular complexity index is 675. The first-order chi connectivity index (χ1) is 11.5. The highest BCUT2D eigenvalue weighted by Gasteiger charge is 2.65. The molecule has 2 saturated carbocycles. The van der Waals surface area contributed by atoms with E-state index in [0.29, 0.717) is 42.3 Å². The van der Waals surface area contributed by atoms with E-state index in [0.717, 1.165) is 25.7 Å². The molecular weight excluding hydrogens is 300 g/mol. The second-order valence-corrected chi connectivity index (χ2v) is 8.93. The second-order valence-electron chi connectivity index (χ2n) is 8.93. The molecule has 1 aliphatic heterocycles. The first-order valence-corrected chi connectivity index (χ1v) is 9.67. The Hall–Kier alpha value is -1.38. The summed E-state index contributed by atoms with van der Waals surface area (Å²) in [6.07, 6.45) is 14.4. The zero-order valence-corrected chi connectivity index (χ0v) is 14.4. The molecule has 128 valence electrons. The maximum absolute atomic E-state index is 11.8. The SMILES string of the molecule is C[C@]12CCC3C(C=CC4=CC(=O)CC[C@@H]43)C1CC[C@@]21CCC(=O)O1. The lowest BCUT2D eigenvalue weighted by atomic mass is 9.52. The average molecular weight is 326 g/mol. The van der Waals surface area contributed by atoms with Gasteiger partial charge >= 0.3 is 5.97 Å². The van der Waals surface area contributed by atoms with Gasteiger partial charge in [-0.05, 0) is 73.8 Å². The van der Waals surface area contributed by atoms with Crippen LogP contribution >= 0.6 is 0 Å². The van der Waals surface area contributed by atoms with Gasteiger partial charge in [-0.25, -0.2) is 0 Å². The average Bonchev–Trinajstić information content (AvgIpc) is 3.08. The quantitative estimate of drug-likeness (QED) is 0.632. The van der Waals surface area contributed by atoms with Gasteiger partial charge in [-0.15, -0.1) is 0 Å². The molecule has 1 spiro atoms. The van der Waals surface area contributed by atoms with Crippen molar-refractivity contribution in [1.82, 2.24) is 0 Å². The van der Waals surface area contributed by atoms with Crippen molar-refractivity contribution in [2.45, 2.75) is 63.9 Å². The Balaban J connectivity index is 1.50. The number of allylic oxidation sites excluding steroid dienone is 4. The number of ketones is 1. The molecule has 3 nitrogen and oxygen atoms in total. The van der Waals surface area contributed by atoms with E-state index in [1.165, 1.54) is 18.4 Å². The third kappa shape index (κ3) is 1.79. The lowest BCUT2D eigenvalue weighted by molar-refractivity contribution is -0.164. The van der Waals surface area contributed by atoms with Gasteiger partial charge in [-0.3, -0.25) is 9.59 Å². The van der Waals surface area contributed by atoms with Gasteiger partial charge < -0.3 is 4.74 Å². The summed E-state index contributed by atoms with van der Waals surface area (Å²) < 4.78 is 5.96. The minimum atomic E-state index is -0.188. The molecule has 0 N–H and O–H groups in total. The molecule has 0 radical (unpaired) electrons. The van der Waals surface area contributed by atoms with Crippen molar-refractivity contribution in [3.8, 4) is 0 Å². The van der Waals surface area contributed by atoms with Gasteiger partial charge in [0.15, 0.2) is 5.78 Å². The number of ether oxygens (including phenoxy) is 1. The van der Waals surface area contributed by atoms with Gasteiger partial charge in [0.2, 0.25) is 0 Å². The first-order valence-electron chi connectivity index (χ1n) is 9.67. The second kappa shape index (κ2) is 4.83. The first kappa shape index (κ1) is 14.9. The highest BCUT2D eigenvalue weighted by molar-refractivity contribution is 5.91. The topological polar surface area (TPSA) is 43.4 Å². The van der Waals surface area contributed by atoms with E-state index < -0.39 is 0 Å². The summed E-state index contributed by atoms with van der Waals surface area (Å²) in [5, 5.41) is 0. The third-order valence-electron chi connectivity index (χ3n) is 8.20. The molecule has 5 rings (SSSR count). The van der Waals surface area contributed by atoms with Crippen LogP contribution in [0.4, 0.5) is 0 Å². The molecule has 0 aromatic rings. The summed E-state index contributed by atoms with van der Waals surface area (Å²) in [4.78, 5) is 23.6. The van der Waals surface area contributed by atoms with E-state index in [-0.39, 0.29) is 17.0 Å². The van der Waals surface area contributed by atoms with Crippen LogP contribution < -0.4 is 0 Å². The van der Waals surface area contributed by atoms with Crippen molar-refractivity contribution in [2.24, 2.45) is 29.1 Å². The van der Waals surface area contributed by atoms with E-state index >= 15 is 0 Å². The van der Waals surface area contributed by atoms with Crippen molar-refractivity contribution in [1.29, 1.82) is 0 Å². The lowest BCUT2D eigenvalue weighted by Crippen LogP contribution is -2.51. The van der Waals surface area contributed by atoms with E-state index in [2.05, 4.69) is 19.1 Å². The van der Waals surface area contributed by atoms with E-state index in [1.807, 2.05) is 6.08 Å². The molecule has 0 aromatic heterocycles. The zero-order chi connectivity index (χ0) is 16.5. The monoisotopic (exact) mass is 326 g/mol. The Morgan fingerprint density at radius 1 is 1.08 bits per heavy atom. The molecule has 24 heavy (non-hydrogen) atoms. The Labute approximate surface area is 143 Å². The summed E-state index contributed by atoms with van der Waals surface area (Å²) >= 11 is 0. The van der Waals surface area contributed by atoms with Gasteiger partial charge in [-0.2, -0.15) is 0 Å². The smallest absolute Gasteiger partial charge is 0.306 e. The Morgan fingerprint density at radius 2 is 1.96 bits per heavy atom. The molecule has 1 saturated heterocycles. The van der Waals surface area contributed by atoms with Crippen LogP contribution in [0.25, 0.3) is 0 Å².